The quantitative estimate of drug-likeness (QED) is 0.0125. The van der Waals surface area contributed by atoms with E-state index in [1.54, 1.807) is 20.8 Å². The first kappa shape index (κ1) is 89.0. The fourth-order valence-corrected chi connectivity index (χ4v) is 10.4. The summed E-state index contributed by atoms with van der Waals surface area (Å²) in [6.07, 6.45) is -2.70. The van der Waals surface area contributed by atoms with Gasteiger partial charge in [0.1, 0.15) is 60.4 Å². The minimum atomic E-state index is -3.92. The van der Waals surface area contributed by atoms with Crippen LogP contribution in [0.2, 0.25) is 0 Å². The first-order chi connectivity index (χ1) is 47.3. The third-order valence-corrected chi connectivity index (χ3v) is 16.8. The van der Waals surface area contributed by atoms with Gasteiger partial charge in [-0.25, -0.2) is 4.68 Å². The number of rotatable bonds is 49. The number of aromatic nitrogens is 3. The Labute approximate surface area is 578 Å². The van der Waals surface area contributed by atoms with Gasteiger partial charge >= 0.3 is 19.5 Å². The van der Waals surface area contributed by atoms with Crippen LogP contribution in [0.5, 0.6) is 0 Å². The third kappa shape index (κ3) is 32.2. The van der Waals surface area contributed by atoms with Gasteiger partial charge in [-0.15, -0.1) is 5.10 Å². The summed E-state index contributed by atoms with van der Waals surface area (Å²) in [5.41, 5.74) is 21.4. The highest BCUT2D eigenvalue weighted by atomic mass is 31.2. The number of aliphatic hydroxyl groups is 3. The Morgan fingerprint density at radius 3 is 1.49 bits per heavy atom. The van der Waals surface area contributed by atoms with Crippen molar-refractivity contribution in [1.29, 1.82) is 0 Å². The van der Waals surface area contributed by atoms with Gasteiger partial charge in [0.15, 0.2) is 11.7 Å². The summed E-state index contributed by atoms with van der Waals surface area (Å²) in [7, 11) is -3.92. The largest absolute Gasteiger partial charge is 0.481 e. The molecule has 25 N–H and O–H groups in total. The molecule has 45 heteroatoms. The summed E-state index contributed by atoms with van der Waals surface area (Å²) in [4.78, 5) is 213. The molecule has 0 radical (unpaired) electrons. The van der Waals surface area contributed by atoms with Crippen molar-refractivity contribution < 1.29 is 116 Å². The first-order valence-electron chi connectivity index (χ1n) is 31.5. The number of carboxylic acid groups (broad SMARTS) is 2. The van der Waals surface area contributed by atoms with Crippen LogP contribution in [0.3, 0.4) is 0 Å². The number of aliphatic hydroxyl groups excluding tert-OH is 3. The third-order valence-electron chi connectivity index (χ3n) is 14.4. The molecule has 0 aliphatic carbocycles. The fourth-order valence-electron chi connectivity index (χ4n) is 8.81. The molecule has 0 aliphatic rings. The van der Waals surface area contributed by atoms with E-state index in [1.807, 2.05) is 10.6 Å². The van der Waals surface area contributed by atoms with Gasteiger partial charge in [0, 0.05) is 32.5 Å². The Kier molecular flexibility index (Phi) is 39.5. The van der Waals surface area contributed by atoms with Crippen molar-refractivity contribution in [1.82, 2.24) is 78.8 Å². The van der Waals surface area contributed by atoms with Crippen molar-refractivity contribution in [3.63, 3.8) is 0 Å². The van der Waals surface area contributed by atoms with E-state index in [-0.39, 0.29) is 50.7 Å². The Morgan fingerprint density at radius 1 is 0.545 bits per heavy atom. The maximum atomic E-state index is 14.5. The van der Waals surface area contributed by atoms with Gasteiger partial charge in [-0.05, 0) is 51.9 Å². The van der Waals surface area contributed by atoms with Crippen molar-refractivity contribution in [2.45, 2.75) is 173 Å². The van der Waals surface area contributed by atoms with E-state index in [0.29, 0.717) is 0 Å². The second-order valence-electron chi connectivity index (χ2n) is 22.8. The number of carbonyl (C=O) groups excluding carboxylic acids is 14. The monoisotopic (exact) mass is 1460 g/mol. The predicted molar refractivity (Wildman–Crippen MR) is 348 cm³/mol. The number of hydrogen-bond donors (Lipinski definition) is 21. The molecule has 1 aromatic heterocycles. The molecule has 1 unspecified atom stereocenters. The predicted octanol–water partition coefficient (Wildman–Crippen LogP) is -9.86. The second kappa shape index (κ2) is 44.9. The Morgan fingerprint density at radius 2 is 0.990 bits per heavy atom. The summed E-state index contributed by atoms with van der Waals surface area (Å²) in [6.45, 7) is 6.35. The van der Waals surface area contributed by atoms with Crippen molar-refractivity contribution in [3.8, 4) is 0 Å². The molecule has 0 bridgehead atoms. The van der Waals surface area contributed by atoms with Crippen molar-refractivity contribution in [3.05, 3.63) is 11.9 Å². The SMILES string of the molecule is CCOP(=O)(OCC)C(C)n1cc(C[C@H](NC(=O)[C@@H](NC(=O)[C@H](CC(N)=O)NC(=O)[C@H](CCCN=C(N)N)NC(=O)CNC(C)=O)[C@@H](C)CC)C(=O)NCC(=O)N[C@@H](CO)C(=O)N[C@@H](CC(=O)O)C(=O)N[C@@H](CO)C(=O)N[C@H](C(=O)N[C@@H](CCC(=O)O)C(=O)N[C@@H](CO)C(N)=O)C(C)C)nn1. The summed E-state index contributed by atoms with van der Waals surface area (Å²) in [5, 5.41) is 83.6. The Balaban J connectivity index is 3.62. The van der Waals surface area contributed by atoms with Gasteiger partial charge in [-0.1, -0.05) is 39.3 Å². The van der Waals surface area contributed by atoms with E-state index in [4.69, 9.17) is 32.0 Å². The fraction of sp³-hybridized carbons (Fsp3) is 0.661. The molecule has 101 heavy (non-hydrogen) atoms. The van der Waals surface area contributed by atoms with E-state index in [2.05, 4.69) is 68.5 Å². The zero-order chi connectivity index (χ0) is 77.0. The molecule has 0 aliphatic heterocycles. The van der Waals surface area contributed by atoms with Crippen LogP contribution in [0.25, 0.3) is 0 Å². The molecule has 1 rings (SSSR count). The van der Waals surface area contributed by atoms with Crippen LogP contribution in [-0.2, 0) is 96.7 Å². The van der Waals surface area contributed by atoms with Gasteiger partial charge in [-0.2, -0.15) is 0 Å². The highest BCUT2D eigenvalue weighted by Crippen LogP contribution is 2.58. The van der Waals surface area contributed by atoms with Crippen LogP contribution >= 0.6 is 7.60 Å². The number of carbonyl (C=O) groups is 16. The van der Waals surface area contributed by atoms with E-state index < -0.39 is 245 Å². The maximum absolute atomic E-state index is 14.5. The number of nitrogens with two attached hydrogens (primary N) is 4. The van der Waals surface area contributed by atoms with E-state index in [9.17, 15) is 107 Å². The molecular weight excluding hydrogens is 1370 g/mol. The van der Waals surface area contributed by atoms with Crippen LogP contribution in [0, 0.1) is 11.8 Å². The van der Waals surface area contributed by atoms with Crippen molar-refractivity contribution in [2.24, 2.45) is 39.8 Å². The van der Waals surface area contributed by atoms with Gasteiger partial charge in [0.2, 0.25) is 82.7 Å². The number of carboxylic acids is 2. The highest BCUT2D eigenvalue weighted by Gasteiger charge is 2.39. The summed E-state index contributed by atoms with van der Waals surface area (Å²) in [5.74, 6) is -22.2. The lowest BCUT2D eigenvalue weighted by Gasteiger charge is -2.28. The minimum Gasteiger partial charge on any atom is -0.481 e. The van der Waals surface area contributed by atoms with Crippen molar-refractivity contribution in [2.75, 3.05) is 52.7 Å². The molecule has 14 amide bonds. The van der Waals surface area contributed by atoms with Crippen LogP contribution in [-0.4, -0.2) is 254 Å². The molecule has 12 atom stereocenters. The van der Waals surface area contributed by atoms with Gasteiger partial charge in [0.05, 0.1) is 64.7 Å². The summed E-state index contributed by atoms with van der Waals surface area (Å²) < 4.78 is 25.7. The average molecular weight is 1460 g/mol. The normalized spacial score (nSPS) is 14.7. The zero-order valence-corrected chi connectivity index (χ0v) is 57.8. The molecular formula is C56H95N20O24P. The standard InChI is InChI=1S/C56H95N20O24P/c1-9-27(6)45(73-51(93)34(18-39(57)81)67-48(90)31(13-12-16-61-56(59)60)64-40(82)20-62-28(7)80)55(97)69-33(17-30-22-76(75-74-30)29(8)101(98,99-10-2)100-11-3)47(89)63-21-41(83)65-37(24-78)52(94)68-35(19-43(86)87)50(92)71-38(25-79)53(95)72-44(26(4)5)54(96)66-32(14-15-42(84)85)49(91)70-36(23-77)46(58)88/h22,26-27,29,31-38,44-45,77-79H,9-21,23-25H2,1-8H3,(H2,57,81)(H2,58,88)(H,62,80)(H,63,89)(H,64,82)(H,65,83)(H,66,96)(H,67,90)(H,68,94)(H,69,97)(H,70,91)(H,71,92)(H,72,95)(H,73,93)(H,84,85)(H,86,87)(H4,59,60,61)/t27-,29?,31-,32-,33-,34-,35-,36-,37-,38-,44-,45-/m0/s1. The van der Waals surface area contributed by atoms with E-state index in [1.165, 1.54) is 33.9 Å². The van der Waals surface area contributed by atoms with Crippen LogP contribution < -0.4 is 86.7 Å². The number of aliphatic carboxylic acids is 2. The highest BCUT2D eigenvalue weighted by molar-refractivity contribution is 7.53. The first-order valence-corrected chi connectivity index (χ1v) is 33.2. The number of amides is 14. The van der Waals surface area contributed by atoms with Gasteiger partial charge in [-0.3, -0.25) is 86.3 Å². The maximum Gasteiger partial charge on any atom is 0.354 e. The molecule has 0 fully saturated rings. The molecule has 44 nitrogen and oxygen atoms in total. The number of hydrogen-bond acceptors (Lipinski definition) is 25. The molecule has 0 saturated heterocycles. The average Bonchev–Trinajstić information content (AvgIpc) is 1.70. The molecule has 0 spiro atoms. The van der Waals surface area contributed by atoms with Crippen LogP contribution in [0.4, 0.5) is 0 Å². The minimum absolute atomic E-state index is 0.0180. The number of nitrogens with zero attached hydrogens (tertiary/aromatic N) is 4. The lowest BCUT2D eigenvalue weighted by molar-refractivity contribution is -0.142. The number of primary amides is 2. The Bertz CT molecular complexity index is 3140. The molecule has 0 aromatic carbocycles. The number of guanidine groups is 1. The van der Waals surface area contributed by atoms with E-state index in [0.717, 1.165) is 11.6 Å². The number of nitrogens with one attached hydrogen (secondary N) is 12. The van der Waals surface area contributed by atoms with Gasteiger partial charge in [0.25, 0.3) is 0 Å². The topological polar surface area (TPSA) is 701 Å². The van der Waals surface area contributed by atoms with Crippen LogP contribution in [0.1, 0.15) is 112 Å². The van der Waals surface area contributed by atoms with E-state index >= 15 is 0 Å². The molecule has 0 saturated carbocycles. The number of aliphatic imine (C=N–C) groups is 1. The second-order valence-corrected chi connectivity index (χ2v) is 25.2. The lowest BCUT2D eigenvalue weighted by atomic mass is 9.96. The zero-order valence-electron chi connectivity index (χ0n) is 56.9. The molecule has 1 heterocycles. The lowest BCUT2D eigenvalue weighted by Crippen LogP contribution is -2.61. The molecule has 568 valence electrons. The molecule has 1 aromatic rings. The van der Waals surface area contributed by atoms with Crippen molar-refractivity contribution >= 4 is 108 Å². The summed E-state index contributed by atoms with van der Waals surface area (Å²) >= 11 is 0. The Hall–Kier alpha value is -10.0. The smallest absolute Gasteiger partial charge is 0.354 e. The van der Waals surface area contributed by atoms with Crippen LogP contribution in [0.15, 0.2) is 11.2 Å². The van der Waals surface area contributed by atoms with Gasteiger partial charge < -0.3 is 121 Å². The summed E-state index contributed by atoms with van der Waals surface area (Å²) in [6, 6.07) is -17.9.